The van der Waals surface area contributed by atoms with Crippen LogP contribution in [0.1, 0.15) is 39.5 Å². The summed E-state index contributed by atoms with van der Waals surface area (Å²) < 4.78 is 5.39. The van der Waals surface area contributed by atoms with Crippen molar-refractivity contribution >= 4 is 0 Å². The summed E-state index contributed by atoms with van der Waals surface area (Å²) in [5, 5.41) is 12.8. The molecule has 17 heavy (non-hydrogen) atoms. The van der Waals surface area contributed by atoms with Crippen LogP contribution in [0.15, 0.2) is 0 Å². The van der Waals surface area contributed by atoms with E-state index < -0.39 is 0 Å². The molecule has 2 unspecified atom stereocenters. The van der Waals surface area contributed by atoms with Gasteiger partial charge in [0.1, 0.15) is 0 Å². The summed E-state index contributed by atoms with van der Waals surface area (Å²) in [7, 11) is 1.78. The van der Waals surface area contributed by atoms with Gasteiger partial charge in [0, 0.05) is 31.8 Å². The van der Waals surface area contributed by atoms with E-state index in [-0.39, 0.29) is 18.1 Å². The van der Waals surface area contributed by atoms with Crippen molar-refractivity contribution in [3.8, 4) is 0 Å². The van der Waals surface area contributed by atoms with Gasteiger partial charge in [0.15, 0.2) is 0 Å². The van der Waals surface area contributed by atoms with Gasteiger partial charge in [-0.15, -0.1) is 0 Å². The molecule has 0 bridgehead atoms. The Bertz CT molecular complexity index is 215. The molecule has 4 heteroatoms. The highest BCUT2D eigenvalue weighted by molar-refractivity contribution is 4.96. The minimum Gasteiger partial charge on any atom is -0.396 e. The van der Waals surface area contributed by atoms with E-state index in [0.29, 0.717) is 18.7 Å². The van der Waals surface area contributed by atoms with Gasteiger partial charge in [0.05, 0.1) is 6.10 Å². The Hall–Kier alpha value is -0.160. The van der Waals surface area contributed by atoms with Crippen molar-refractivity contribution in [2.24, 2.45) is 11.7 Å². The fraction of sp³-hybridized carbons (Fsp3) is 1.00. The van der Waals surface area contributed by atoms with E-state index in [1.807, 2.05) is 0 Å². The van der Waals surface area contributed by atoms with Crippen molar-refractivity contribution in [2.75, 3.05) is 20.3 Å². The minimum atomic E-state index is 0.0396. The van der Waals surface area contributed by atoms with Crippen LogP contribution in [0.2, 0.25) is 0 Å². The number of hydrogen-bond acceptors (Lipinski definition) is 4. The fourth-order valence-corrected chi connectivity index (χ4v) is 2.57. The Morgan fingerprint density at radius 2 is 2.00 bits per heavy atom. The van der Waals surface area contributed by atoms with Crippen LogP contribution in [0.3, 0.4) is 0 Å². The quantitative estimate of drug-likeness (QED) is 0.649. The first-order valence-electron chi connectivity index (χ1n) is 6.68. The molecule has 0 aromatic rings. The van der Waals surface area contributed by atoms with Crippen molar-refractivity contribution in [3.05, 3.63) is 0 Å². The lowest BCUT2D eigenvalue weighted by Gasteiger charge is -2.42. The van der Waals surface area contributed by atoms with E-state index in [0.717, 1.165) is 25.7 Å². The lowest BCUT2D eigenvalue weighted by molar-refractivity contribution is 0.0373. The van der Waals surface area contributed by atoms with E-state index >= 15 is 0 Å². The first kappa shape index (κ1) is 14.9. The van der Waals surface area contributed by atoms with Gasteiger partial charge in [-0.3, -0.25) is 0 Å². The van der Waals surface area contributed by atoms with Gasteiger partial charge in [-0.25, -0.2) is 0 Å². The summed E-state index contributed by atoms with van der Waals surface area (Å²) in [6.07, 6.45) is 4.65. The summed E-state index contributed by atoms with van der Waals surface area (Å²) in [6, 6.07) is 0.294. The topological polar surface area (TPSA) is 67.5 Å². The Morgan fingerprint density at radius 1 is 1.41 bits per heavy atom. The predicted octanol–water partition coefficient (Wildman–Crippen LogP) is 0.879. The SMILES string of the molecule is COC1CCC(CN)(NC(C)C(C)CO)CC1. The molecule has 102 valence electrons. The third kappa shape index (κ3) is 3.91. The number of hydrogen-bond donors (Lipinski definition) is 3. The Morgan fingerprint density at radius 3 is 2.41 bits per heavy atom. The van der Waals surface area contributed by atoms with Gasteiger partial charge in [0.25, 0.3) is 0 Å². The van der Waals surface area contributed by atoms with Gasteiger partial charge in [-0.1, -0.05) is 6.92 Å². The Kier molecular flexibility index (Phi) is 5.86. The summed E-state index contributed by atoms with van der Waals surface area (Å²) in [5.41, 5.74) is 5.99. The van der Waals surface area contributed by atoms with Gasteiger partial charge in [-0.05, 0) is 38.5 Å². The second-order valence-electron chi connectivity index (χ2n) is 5.51. The minimum absolute atomic E-state index is 0.0396. The summed E-state index contributed by atoms with van der Waals surface area (Å²) in [4.78, 5) is 0. The van der Waals surface area contributed by atoms with Crippen LogP contribution in [-0.2, 0) is 4.74 Å². The van der Waals surface area contributed by atoms with Crippen molar-refractivity contribution in [1.82, 2.24) is 5.32 Å². The first-order chi connectivity index (χ1) is 8.06. The second kappa shape index (κ2) is 6.69. The highest BCUT2D eigenvalue weighted by atomic mass is 16.5. The molecule has 0 saturated heterocycles. The standard InChI is InChI=1S/C13H28N2O2/c1-10(8-16)11(2)15-13(9-14)6-4-12(17-3)5-7-13/h10-12,15-16H,4-9,14H2,1-3H3. The zero-order valence-electron chi connectivity index (χ0n) is 11.4. The van der Waals surface area contributed by atoms with Crippen LogP contribution in [0.25, 0.3) is 0 Å². The number of methoxy groups -OCH3 is 1. The summed E-state index contributed by atoms with van der Waals surface area (Å²) in [6.45, 7) is 5.06. The summed E-state index contributed by atoms with van der Waals surface area (Å²) in [5.74, 6) is 0.263. The zero-order valence-corrected chi connectivity index (χ0v) is 11.4. The molecule has 4 nitrogen and oxygen atoms in total. The molecule has 0 aromatic carbocycles. The molecule has 2 atom stereocenters. The number of nitrogens with two attached hydrogens (primary N) is 1. The number of nitrogens with one attached hydrogen (secondary N) is 1. The lowest BCUT2D eigenvalue weighted by Crippen LogP contribution is -2.58. The molecule has 0 amide bonds. The van der Waals surface area contributed by atoms with Crippen LogP contribution >= 0.6 is 0 Å². The fourth-order valence-electron chi connectivity index (χ4n) is 2.57. The Labute approximate surface area is 105 Å². The maximum absolute atomic E-state index is 9.18. The largest absolute Gasteiger partial charge is 0.396 e. The maximum atomic E-state index is 9.18. The number of rotatable bonds is 6. The number of ether oxygens (including phenoxy) is 1. The van der Waals surface area contributed by atoms with Crippen molar-refractivity contribution in [1.29, 1.82) is 0 Å². The molecular weight excluding hydrogens is 216 g/mol. The zero-order chi connectivity index (χ0) is 12.9. The predicted molar refractivity (Wildman–Crippen MR) is 69.9 cm³/mol. The normalized spacial score (nSPS) is 33.4. The highest BCUT2D eigenvalue weighted by Gasteiger charge is 2.35. The molecule has 0 heterocycles. The molecule has 0 aromatic heterocycles. The van der Waals surface area contributed by atoms with Crippen LogP contribution < -0.4 is 11.1 Å². The van der Waals surface area contributed by atoms with Gasteiger partial charge < -0.3 is 20.9 Å². The third-order valence-corrected chi connectivity index (χ3v) is 4.29. The molecule has 0 aliphatic heterocycles. The van der Waals surface area contributed by atoms with Crippen LogP contribution in [0.4, 0.5) is 0 Å². The molecule has 1 saturated carbocycles. The number of aliphatic hydroxyl groups excluding tert-OH is 1. The number of aliphatic hydroxyl groups is 1. The monoisotopic (exact) mass is 244 g/mol. The first-order valence-corrected chi connectivity index (χ1v) is 6.68. The van der Waals surface area contributed by atoms with E-state index in [9.17, 15) is 5.11 Å². The van der Waals surface area contributed by atoms with Crippen LogP contribution in [-0.4, -0.2) is 43.1 Å². The van der Waals surface area contributed by atoms with Gasteiger partial charge in [-0.2, -0.15) is 0 Å². The smallest absolute Gasteiger partial charge is 0.0572 e. The van der Waals surface area contributed by atoms with Gasteiger partial charge in [0.2, 0.25) is 0 Å². The highest BCUT2D eigenvalue weighted by Crippen LogP contribution is 2.30. The molecule has 0 spiro atoms. The molecule has 1 rings (SSSR count). The van der Waals surface area contributed by atoms with Crippen molar-refractivity contribution in [2.45, 2.75) is 57.2 Å². The molecule has 1 aliphatic rings. The Balaban J connectivity index is 2.52. The molecule has 1 fully saturated rings. The molecule has 1 aliphatic carbocycles. The third-order valence-electron chi connectivity index (χ3n) is 4.29. The van der Waals surface area contributed by atoms with Crippen LogP contribution in [0.5, 0.6) is 0 Å². The lowest BCUT2D eigenvalue weighted by atomic mass is 9.79. The molecule has 0 radical (unpaired) electrons. The average Bonchev–Trinajstić information content (AvgIpc) is 2.38. The van der Waals surface area contributed by atoms with E-state index in [4.69, 9.17) is 10.5 Å². The van der Waals surface area contributed by atoms with Gasteiger partial charge >= 0.3 is 0 Å². The maximum Gasteiger partial charge on any atom is 0.0572 e. The van der Waals surface area contributed by atoms with Crippen molar-refractivity contribution < 1.29 is 9.84 Å². The van der Waals surface area contributed by atoms with E-state index in [1.165, 1.54) is 0 Å². The molecular formula is C13H28N2O2. The van der Waals surface area contributed by atoms with Crippen molar-refractivity contribution in [3.63, 3.8) is 0 Å². The summed E-state index contributed by atoms with van der Waals surface area (Å²) >= 11 is 0. The van der Waals surface area contributed by atoms with Crippen LogP contribution in [0, 0.1) is 5.92 Å². The second-order valence-corrected chi connectivity index (χ2v) is 5.51. The average molecular weight is 244 g/mol. The van der Waals surface area contributed by atoms with E-state index in [1.54, 1.807) is 7.11 Å². The van der Waals surface area contributed by atoms with E-state index in [2.05, 4.69) is 19.2 Å². The molecule has 4 N–H and O–H groups in total.